The third-order valence-electron chi connectivity index (χ3n) is 3.91. The van der Waals surface area contributed by atoms with Crippen LogP contribution in [-0.4, -0.2) is 32.2 Å². The third-order valence-corrected chi connectivity index (χ3v) is 7.06. The van der Waals surface area contributed by atoms with Crippen molar-refractivity contribution in [1.29, 1.82) is 0 Å². The Balaban J connectivity index is 2.09. The van der Waals surface area contributed by atoms with Crippen molar-refractivity contribution in [3.63, 3.8) is 0 Å². The van der Waals surface area contributed by atoms with Crippen LogP contribution < -0.4 is 14.2 Å². The van der Waals surface area contributed by atoms with Gasteiger partial charge in [-0.05, 0) is 29.8 Å². The van der Waals surface area contributed by atoms with Crippen molar-refractivity contribution in [3.8, 4) is 11.5 Å². The molecule has 0 radical (unpaired) electrons. The Labute approximate surface area is 166 Å². The highest BCUT2D eigenvalue weighted by atomic mass is 35.5. The highest BCUT2D eigenvalue weighted by Crippen LogP contribution is 2.32. The molecule has 0 spiro atoms. The molecular weight excluding hydrogens is 410 g/mol. The van der Waals surface area contributed by atoms with Crippen LogP contribution in [-0.2, 0) is 17.1 Å². The van der Waals surface area contributed by atoms with Crippen LogP contribution in [0.2, 0.25) is 4.34 Å². The van der Waals surface area contributed by atoms with Crippen LogP contribution in [0.1, 0.15) is 17.4 Å². The third kappa shape index (κ3) is 4.27. The predicted molar refractivity (Wildman–Crippen MR) is 104 cm³/mol. The fourth-order valence-corrected chi connectivity index (χ4v) is 5.26. The summed E-state index contributed by atoms with van der Waals surface area (Å²) in [6.45, 7) is 0. The van der Waals surface area contributed by atoms with Crippen LogP contribution in [0.3, 0.4) is 0 Å². The number of nitrogens with one attached hydrogen (secondary N) is 1. The number of rotatable bonds is 7. The summed E-state index contributed by atoms with van der Waals surface area (Å²) in [6, 6.07) is 7.46. The summed E-state index contributed by atoms with van der Waals surface area (Å²) in [7, 11) is 1.04. The van der Waals surface area contributed by atoms with Crippen molar-refractivity contribution in [2.75, 3.05) is 14.2 Å². The van der Waals surface area contributed by atoms with Crippen molar-refractivity contribution in [3.05, 3.63) is 58.4 Å². The summed E-state index contributed by atoms with van der Waals surface area (Å²) in [5.74, 6) is 1.61. The largest absolute Gasteiger partial charge is 0.497 e. The quantitative estimate of drug-likeness (QED) is 0.626. The Bertz CT molecular complexity index is 1020. The number of sulfonamides is 1. The van der Waals surface area contributed by atoms with E-state index in [0.717, 1.165) is 11.3 Å². The maximum absolute atomic E-state index is 12.9. The summed E-state index contributed by atoms with van der Waals surface area (Å²) < 4.78 is 41.4. The first-order chi connectivity index (χ1) is 12.8. The number of halogens is 1. The molecule has 144 valence electrons. The van der Waals surface area contributed by atoms with Crippen molar-refractivity contribution < 1.29 is 17.9 Å². The SMILES string of the molecule is COc1cc(OC)cc([C@@H](NS(=O)(=O)c2ccc(Cl)s2)c2nccn2C)c1. The topological polar surface area (TPSA) is 82.4 Å². The average Bonchev–Trinajstić information content (AvgIpc) is 3.28. The Morgan fingerprint density at radius 2 is 1.85 bits per heavy atom. The van der Waals surface area contributed by atoms with Gasteiger partial charge in [0.15, 0.2) is 0 Å². The van der Waals surface area contributed by atoms with E-state index < -0.39 is 16.1 Å². The van der Waals surface area contributed by atoms with Gasteiger partial charge in [0.2, 0.25) is 0 Å². The van der Waals surface area contributed by atoms with Gasteiger partial charge in [-0.3, -0.25) is 0 Å². The molecule has 3 rings (SSSR count). The number of aryl methyl sites for hydroxylation is 1. The van der Waals surface area contributed by atoms with Crippen LogP contribution in [0.4, 0.5) is 0 Å². The van der Waals surface area contributed by atoms with E-state index in [2.05, 4.69) is 9.71 Å². The van der Waals surface area contributed by atoms with E-state index in [9.17, 15) is 8.42 Å². The summed E-state index contributed by atoms with van der Waals surface area (Å²) in [6.07, 6.45) is 3.35. The van der Waals surface area contributed by atoms with E-state index in [0.29, 0.717) is 27.2 Å². The Kier molecular flexibility index (Phi) is 5.75. The fourth-order valence-electron chi connectivity index (χ4n) is 2.58. The lowest BCUT2D eigenvalue weighted by atomic mass is 10.1. The molecule has 0 bridgehead atoms. The lowest BCUT2D eigenvalue weighted by Gasteiger charge is -2.20. The Morgan fingerprint density at radius 1 is 1.19 bits per heavy atom. The molecule has 0 aliphatic heterocycles. The number of hydrogen-bond donors (Lipinski definition) is 1. The van der Waals surface area contributed by atoms with Crippen LogP contribution in [0, 0.1) is 0 Å². The van der Waals surface area contributed by atoms with E-state index in [1.54, 1.807) is 48.3 Å². The van der Waals surface area contributed by atoms with Gasteiger partial charge in [-0.15, -0.1) is 11.3 Å². The van der Waals surface area contributed by atoms with Gasteiger partial charge in [0.05, 0.1) is 18.6 Å². The number of ether oxygens (including phenoxy) is 2. The van der Waals surface area contributed by atoms with Gasteiger partial charge in [0.25, 0.3) is 10.0 Å². The number of nitrogens with zero attached hydrogens (tertiary/aromatic N) is 2. The minimum absolute atomic E-state index is 0.126. The minimum Gasteiger partial charge on any atom is -0.497 e. The Hall–Kier alpha value is -2.07. The lowest BCUT2D eigenvalue weighted by Crippen LogP contribution is -2.30. The summed E-state index contributed by atoms with van der Waals surface area (Å²) in [5.41, 5.74) is 0.631. The number of thiophene rings is 1. The Morgan fingerprint density at radius 3 is 2.33 bits per heavy atom. The van der Waals surface area contributed by atoms with E-state index in [1.165, 1.54) is 20.3 Å². The number of aromatic nitrogens is 2. The standard InChI is InChI=1S/C17H18ClN3O4S2/c1-21-7-6-19-17(21)16(11-8-12(24-2)10-13(9-11)25-3)20-27(22,23)15-5-4-14(18)26-15/h4-10,16,20H,1-3H3/t16-/m1/s1. The monoisotopic (exact) mass is 427 g/mol. The highest BCUT2D eigenvalue weighted by molar-refractivity contribution is 7.91. The van der Waals surface area contributed by atoms with E-state index in [4.69, 9.17) is 21.1 Å². The second-order valence-corrected chi connectivity index (χ2v) is 9.31. The molecule has 0 fully saturated rings. The molecule has 1 aromatic carbocycles. The van der Waals surface area contributed by atoms with Crippen molar-refractivity contribution >= 4 is 33.0 Å². The number of imidazole rings is 1. The van der Waals surface area contributed by atoms with Crippen LogP contribution in [0.25, 0.3) is 0 Å². The summed E-state index contributed by atoms with van der Waals surface area (Å²) in [5, 5.41) is 0. The maximum atomic E-state index is 12.9. The molecule has 0 unspecified atom stereocenters. The lowest BCUT2D eigenvalue weighted by molar-refractivity contribution is 0.392. The van der Waals surface area contributed by atoms with Crippen LogP contribution >= 0.6 is 22.9 Å². The fraction of sp³-hybridized carbons (Fsp3) is 0.235. The zero-order valence-corrected chi connectivity index (χ0v) is 17.2. The molecule has 1 N–H and O–H groups in total. The normalized spacial score (nSPS) is 12.7. The van der Waals surface area contributed by atoms with Gasteiger partial charge >= 0.3 is 0 Å². The maximum Gasteiger partial charge on any atom is 0.251 e. The molecule has 2 aromatic heterocycles. The zero-order valence-electron chi connectivity index (χ0n) is 14.8. The number of benzene rings is 1. The minimum atomic E-state index is -3.82. The van der Waals surface area contributed by atoms with E-state index >= 15 is 0 Å². The molecule has 0 aliphatic carbocycles. The first-order valence-electron chi connectivity index (χ1n) is 7.82. The summed E-state index contributed by atoms with van der Waals surface area (Å²) in [4.78, 5) is 4.32. The smallest absolute Gasteiger partial charge is 0.251 e. The van der Waals surface area contributed by atoms with Crippen molar-refractivity contribution in [2.45, 2.75) is 10.3 Å². The molecule has 1 atom stereocenters. The molecule has 0 saturated carbocycles. The molecule has 0 saturated heterocycles. The average molecular weight is 428 g/mol. The van der Waals surface area contributed by atoms with Crippen LogP contribution in [0.15, 0.2) is 46.9 Å². The second kappa shape index (κ2) is 7.89. The number of methoxy groups -OCH3 is 2. The van der Waals surface area contributed by atoms with Gasteiger partial charge in [-0.2, -0.15) is 4.72 Å². The molecule has 0 amide bonds. The number of hydrogen-bond acceptors (Lipinski definition) is 6. The van der Waals surface area contributed by atoms with Gasteiger partial charge in [0, 0.05) is 25.5 Å². The molecule has 2 heterocycles. The highest BCUT2D eigenvalue weighted by Gasteiger charge is 2.27. The first-order valence-corrected chi connectivity index (χ1v) is 10.5. The molecule has 27 heavy (non-hydrogen) atoms. The molecule has 10 heteroatoms. The molecular formula is C17H18ClN3O4S2. The van der Waals surface area contributed by atoms with Gasteiger partial charge < -0.3 is 14.0 Å². The van der Waals surface area contributed by atoms with Crippen molar-refractivity contribution in [1.82, 2.24) is 14.3 Å². The van der Waals surface area contributed by atoms with Crippen LogP contribution in [0.5, 0.6) is 11.5 Å². The van der Waals surface area contributed by atoms with Gasteiger partial charge in [0.1, 0.15) is 27.6 Å². The second-order valence-electron chi connectivity index (χ2n) is 5.66. The van der Waals surface area contributed by atoms with E-state index in [-0.39, 0.29) is 4.21 Å². The molecule has 3 aromatic rings. The van der Waals surface area contributed by atoms with Gasteiger partial charge in [-0.1, -0.05) is 11.6 Å². The van der Waals surface area contributed by atoms with Gasteiger partial charge in [-0.25, -0.2) is 13.4 Å². The van der Waals surface area contributed by atoms with E-state index in [1.807, 2.05) is 0 Å². The molecule has 7 nitrogen and oxygen atoms in total. The summed E-state index contributed by atoms with van der Waals surface area (Å²) >= 11 is 6.89. The molecule has 0 aliphatic rings. The first kappa shape index (κ1) is 19.7. The van der Waals surface area contributed by atoms with Crippen molar-refractivity contribution in [2.24, 2.45) is 7.05 Å². The predicted octanol–water partition coefficient (Wildman–Crippen LogP) is 3.22. The zero-order chi connectivity index (χ0) is 19.6.